The molecule has 3 N–H and O–H groups in total. The summed E-state index contributed by atoms with van der Waals surface area (Å²) in [5.74, 6) is -0.481. The second-order valence-corrected chi connectivity index (χ2v) is 20.1. The number of halogens is 5. The molecule has 2 fully saturated rings. The van der Waals surface area contributed by atoms with Gasteiger partial charge in [-0.15, -0.1) is 21.8 Å². The molecule has 22 nitrogen and oxygen atoms in total. The highest BCUT2D eigenvalue weighted by Gasteiger charge is 2.27. The van der Waals surface area contributed by atoms with E-state index in [1.807, 2.05) is 39.8 Å². The van der Waals surface area contributed by atoms with Gasteiger partial charge in [0.25, 0.3) is 11.8 Å². The lowest BCUT2D eigenvalue weighted by atomic mass is 10.1. The normalized spacial score (nSPS) is 13.2. The van der Waals surface area contributed by atoms with Crippen LogP contribution in [0.25, 0.3) is 22.3 Å². The van der Waals surface area contributed by atoms with E-state index < -0.39 is 23.4 Å². The summed E-state index contributed by atoms with van der Waals surface area (Å²) >= 11 is 17.9. The highest BCUT2D eigenvalue weighted by molar-refractivity contribution is 6.31. The standard InChI is InChI=1S/C26H22ClFN10O.C23H19Cl2FN8O.C3H4N2/c27-20-4-7-35-15-30-21(24(35)23(20)28)9-29-26(39)22-14-38(34-33-22)13-19-12-36-10-17(16-2-3-16)8-18(25(36)32-19)11-37-6-1-5-31-37;24-6-14-5-15(13-1-2-13)8-33-9-16(29-22(14)33)10-34-11-19(30-31-34)23(35)27-7-18-21-20(26)17(25)3-4-32(21)12-28-18;1-2-4-5-3-1/h1,4-8,10,12,14-16H,2-3,9,11,13H2,(H,29,39);3-5,8-9,11-13H,1-2,6-7,10H2,(H,27,35);1-3H,(H,4,5). The van der Waals surface area contributed by atoms with E-state index >= 15 is 0 Å². The SMILES string of the molecule is O=C(NCc1ncn2ccc(Cl)c(F)c12)c1cn(Cc2cn3cc(C4CC4)cc(CCl)c3n2)nn1.O=C(NCc1ncn2ccc(Cl)c(F)c12)c1cn(Cc2cn3cc(C4CC4)cc(Cn4cccn4)c3n2)nn1.c1cn[nH]c1. The Bertz CT molecular complexity index is 4130. The molecule has 12 aromatic rings. The van der Waals surface area contributed by atoms with Crippen LogP contribution in [0.5, 0.6) is 0 Å². The zero-order chi connectivity index (χ0) is 54.1. The number of pyridine rings is 4. The predicted octanol–water partition coefficient (Wildman–Crippen LogP) is 7.84. The van der Waals surface area contributed by atoms with Crippen molar-refractivity contribution in [1.82, 2.24) is 98.1 Å². The van der Waals surface area contributed by atoms with Gasteiger partial charge in [0.15, 0.2) is 23.0 Å². The highest BCUT2D eigenvalue weighted by Crippen LogP contribution is 2.41. The first-order valence-corrected chi connectivity index (χ1v) is 26.2. The number of amides is 2. The molecule has 2 amide bonds. The first kappa shape index (κ1) is 50.9. The molecule has 12 aromatic heterocycles. The number of nitrogens with zero attached hydrogens (tertiary/aromatic N) is 17. The number of fused-ring (bicyclic) bond motifs is 4. The van der Waals surface area contributed by atoms with E-state index in [4.69, 9.17) is 44.8 Å². The van der Waals surface area contributed by atoms with Gasteiger partial charge in [0.05, 0.1) is 96.5 Å². The molecule has 2 saturated carbocycles. The smallest absolute Gasteiger partial charge is 0.273 e. The number of alkyl halides is 1. The molecule has 0 atom stereocenters. The van der Waals surface area contributed by atoms with Crippen LogP contribution < -0.4 is 10.6 Å². The summed E-state index contributed by atoms with van der Waals surface area (Å²) in [5, 5.41) is 32.1. The van der Waals surface area contributed by atoms with Crippen molar-refractivity contribution in [2.24, 2.45) is 0 Å². The number of hydrogen-bond acceptors (Lipinski definition) is 12. The van der Waals surface area contributed by atoms with Crippen LogP contribution in [0, 0.1) is 11.6 Å². The van der Waals surface area contributed by atoms with Gasteiger partial charge in [-0.3, -0.25) is 19.4 Å². The third-order valence-electron chi connectivity index (χ3n) is 13.3. The predicted molar refractivity (Wildman–Crippen MR) is 285 cm³/mol. The Kier molecular flexibility index (Phi) is 14.1. The van der Waals surface area contributed by atoms with E-state index in [0.29, 0.717) is 48.7 Å². The zero-order valence-corrected chi connectivity index (χ0v) is 43.8. The van der Waals surface area contributed by atoms with Crippen LogP contribution in [-0.4, -0.2) is 99.3 Å². The molecule has 27 heteroatoms. The lowest BCUT2D eigenvalue weighted by molar-refractivity contribution is 0.0937. The Labute approximate surface area is 461 Å². The first-order valence-electron chi connectivity index (χ1n) is 25.0. The fraction of sp³-hybridized carbons (Fsp3) is 0.231. The van der Waals surface area contributed by atoms with Crippen molar-refractivity contribution in [2.45, 2.75) is 76.1 Å². The molecule has 0 spiro atoms. The molecule has 0 saturated heterocycles. The van der Waals surface area contributed by atoms with E-state index in [2.05, 4.69) is 85.4 Å². The van der Waals surface area contributed by atoms with E-state index in [-0.39, 0.29) is 45.6 Å². The van der Waals surface area contributed by atoms with Crippen molar-refractivity contribution in [3.8, 4) is 0 Å². The molecule has 2 aliphatic carbocycles. The molecule has 0 aliphatic heterocycles. The molecule has 0 unspecified atom stereocenters. The van der Waals surface area contributed by atoms with E-state index in [9.17, 15) is 18.4 Å². The molecule has 14 rings (SSSR count). The summed E-state index contributed by atoms with van der Waals surface area (Å²) in [6, 6.07) is 11.0. The van der Waals surface area contributed by atoms with Crippen LogP contribution in [-0.2, 0) is 38.6 Å². The Morgan fingerprint density at radius 3 is 1.62 bits per heavy atom. The topological polar surface area (TPSA) is 235 Å². The number of carbonyl (C=O) groups is 2. The van der Waals surface area contributed by atoms with Crippen molar-refractivity contribution in [2.75, 3.05) is 0 Å². The number of carbonyl (C=O) groups excluding carboxylic acids is 2. The average Bonchev–Trinajstić information content (AvgIpc) is 4.21. The zero-order valence-electron chi connectivity index (χ0n) is 41.6. The lowest BCUT2D eigenvalue weighted by Gasteiger charge is -2.08. The maximum Gasteiger partial charge on any atom is 0.273 e. The van der Waals surface area contributed by atoms with Gasteiger partial charge >= 0.3 is 0 Å². The molecule has 12 heterocycles. The largest absolute Gasteiger partial charge is 0.345 e. The monoisotopic (exact) mass is 1120 g/mol. The minimum atomic E-state index is -0.587. The highest BCUT2D eigenvalue weighted by atomic mass is 35.5. The van der Waals surface area contributed by atoms with Gasteiger partial charge in [-0.2, -0.15) is 10.2 Å². The lowest BCUT2D eigenvalue weighted by Crippen LogP contribution is -2.23. The fourth-order valence-electron chi connectivity index (χ4n) is 9.15. The van der Waals surface area contributed by atoms with E-state index in [1.165, 1.54) is 70.4 Å². The van der Waals surface area contributed by atoms with Crippen molar-refractivity contribution < 1.29 is 18.4 Å². The van der Waals surface area contributed by atoms with Crippen LogP contribution in [0.3, 0.4) is 0 Å². The number of rotatable bonds is 15. The minimum Gasteiger partial charge on any atom is -0.345 e. The summed E-state index contributed by atoms with van der Waals surface area (Å²) in [4.78, 5) is 43.2. The maximum absolute atomic E-state index is 14.5. The molecule has 0 radical (unpaired) electrons. The quantitative estimate of drug-likeness (QED) is 0.0833. The number of H-pyrrole nitrogens is 1. The van der Waals surface area contributed by atoms with Crippen LogP contribution in [0.15, 0.2) is 123 Å². The van der Waals surface area contributed by atoms with Gasteiger partial charge in [0.2, 0.25) is 0 Å². The second-order valence-electron chi connectivity index (χ2n) is 19.0. The minimum absolute atomic E-state index is 0.00818. The third-order valence-corrected chi connectivity index (χ3v) is 14.2. The molecule has 0 bridgehead atoms. The Hall–Kier alpha value is -8.87. The molecular formula is C52H45Cl3F2N20O2. The third kappa shape index (κ3) is 11.2. The molecule has 2 aliphatic rings. The number of aromatic nitrogens is 18. The second kappa shape index (κ2) is 21.9. The van der Waals surface area contributed by atoms with Gasteiger partial charge in [-0.25, -0.2) is 38.1 Å². The van der Waals surface area contributed by atoms with Gasteiger partial charge < -0.3 is 28.2 Å². The molecular weight excluding hydrogens is 1080 g/mol. The van der Waals surface area contributed by atoms with Crippen molar-refractivity contribution >= 4 is 68.9 Å². The van der Waals surface area contributed by atoms with Crippen LogP contribution in [0.4, 0.5) is 8.78 Å². The van der Waals surface area contributed by atoms with Gasteiger partial charge in [-0.1, -0.05) is 33.6 Å². The van der Waals surface area contributed by atoms with Gasteiger partial charge in [0.1, 0.15) is 22.3 Å². The van der Waals surface area contributed by atoms with Gasteiger partial charge in [-0.05, 0) is 85.0 Å². The summed E-state index contributed by atoms with van der Waals surface area (Å²) < 4.78 is 41.0. The van der Waals surface area contributed by atoms with Crippen molar-refractivity contribution in [3.63, 3.8) is 0 Å². The summed E-state index contributed by atoms with van der Waals surface area (Å²) in [7, 11) is 0. The average molecular weight is 1130 g/mol. The Morgan fingerprint density at radius 1 is 0.633 bits per heavy atom. The van der Waals surface area contributed by atoms with Gasteiger partial charge in [0, 0.05) is 73.1 Å². The molecule has 79 heavy (non-hydrogen) atoms. The van der Waals surface area contributed by atoms with Crippen LogP contribution in [0.2, 0.25) is 10.0 Å². The molecule has 400 valence electrons. The first-order chi connectivity index (χ1) is 38.5. The Balaban J connectivity index is 0.000000145. The summed E-state index contributed by atoms with van der Waals surface area (Å²) in [6.45, 7) is 1.34. The van der Waals surface area contributed by atoms with Crippen molar-refractivity contribution in [1.29, 1.82) is 0 Å². The number of hydrogen-bond donors (Lipinski definition) is 3. The summed E-state index contributed by atoms with van der Waals surface area (Å²) in [6.07, 6.45) is 29.4. The van der Waals surface area contributed by atoms with E-state index in [1.54, 1.807) is 52.7 Å². The maximum atomic E-state index is 14.5. The van der Waals surface area contributed by atoms with E-state index in [0.717, 1.165) is 33.8 Å². The van der Waals surface area contributed by atoms with Crippen molar-refractivity contribution in [3.05, 3.63) is 202 Å². The summed E-state index contributed by atoms with van der Waals surface area (Å²) in [5.41, 5.74) is 9.34. The fourth-order valence-corrected chi connectivity index (χ4v) is 9.64. The van der Waals surface area contributed by atoms with Crippen LogP contribution in [0.1, 0.15) is 104 Å². The number of imidazole rings is 4. The number of aromatic amines is 1. The van der Waals surface area contributed by atoms with Crippen LogP contribution >= 0.6 is 34.8 Å². The Morgan fingerprint density at radius 2 is 1.16 bits per heavy atom. The number of nitrogens with one attached hydrogen (secondary N) is 3. The molecule has 0 aromatic carbocycles.